The largest absolute Gasteiger partial charge is 0.490 e. The van der Waals surface area contributed by atoms with Crippen molar-refractivity contribution in [2.24, 2.45) is 0 Å². The number of carbonyl (C=O) groups excluding carboxylic acids is 1. The van der Waals surface area contributed by atoms with Crippen molar-refractivity contribution in [3.63, 3.8) is 0 Å². The number of benzene rings is 3. The van der Waals surface area contributed by atoms with Gasteiger partial charge < -0.3 is 24.6 Å². The number of nitrogens with one attached hydrogen (secondary N) is 2. The third kappa shape index (κ3) is 4.35. The van der Waals surface area contributed by atoms with Crippen LogP contribution in [0.25, 0.3) is 33.2 Å². The molecule has 5 aromatic rings. The van der Waals surface area contributed by atoms with Gasteiger partial charge in [-0.05, 0) is 81.6 Å². The van der Waals surface area contributed by atoms with E-state index in [1.54, 1.807) is 0 Å². The lowest BCUT2D eigenvalue weighted by molar-refractivity contribution is 0.0803. The highest BCUT2D eigenvalue weighted by Crippen LogP contribution is 2.36. The summed E-state index contributed by atoms with van der Waals surface area (Å²) in [5, 5.41) is 16.0. The maximum absolute atomic E-state index is 13.9. The molecule has 6 heteroatoms. The van der Waals surface area contributed by atoms with Crippen LogP contribution < -0.4 is 10.1 Å². The number of ether oxygens (including phenoxy) is 1. The predicted molar refractivity (Wildman–Crippen MR) is 150 cm³/mol. The second-order valence-electron chi connectivity index (χ2n) is 10.7. The standard InChI is InChI=1S/C32H32N2O4/c1-19(2)37-29-11-9-22(30-16-21-6-4-5-7-28(21)38-30)15-24(29)31(36)34-32(18-35)13-12-27-25(17-32)23-14-20(3)8-10-26(23)33-27/h4-11,14-16,19,33,35H,12-13,17-18H2,1-3H3,(H,34,36). The van der Waals surface area contributed by atoms with E-state index in [-0.39, 0.29) is 18.6 Å². The van der Waals surface area contributed by atoms with E-state index in [4.69, 9.17) is 9.15 Å². The number of aromatic nitrogens is 1. The first kappa shape index (κ1) is 24.3. The number of carbonyl (C=O) groups is 1. The van der Waals surface area contributed by atoms with Crippen molar-refractivity contribution in [3.05, 3.63) is 89.1 Å². The fourth-order valence-corrected chi connectivity index (χ4v) is 5.55. The normalized spacial score (nSPS) is 17.2. The zero-order chi connectivity index (χ0) is 26.4. The van der Waals surface area contributed by atoms with Gasteiger partial charge in [0.05, 0.1) is 23.8 Å². The van der Waals surface area contributed by atoms with Crippen molar-refractivity contribution in [1.82, 2.24) is 10.3 Å². The number of para-hydroxylation sites is 1. The van der Waals surface area contributed by atoms with Crippen LogP contribution in [0.1, 0.15) is 47.4 Å². The molecule has 194 valence electrons. The van der Waals surface area contributed by atoms with Crippen molar-refractivity contribution < 1.29 is 19.1 Å². The van der Waals surface area contributed by atoms with Crippen LogP contribution >= 0.6 is 0 Å². The molecule has 1 amide bonds. The number of aryl methyl sites for hydroxylation is 2. The lowest BCUT2D eigenvalue weighted by Gasteiger charge is -2.37. The Morgan fingerprint density at radius 1 is 1.13 bits per heavy atom. The van der Waals surface area contributed by atoms with Crippen molar-refractivity contribution in [1.29, 1.82) is 0 Å². The van der Waals surface area contributed by atoms with Crippen LogP contribution in [0.4, 0.5) is 0 Å². The van der Waals surface area contributed by atoms with E-state index >= 15 is 0 Å². The maximum Gasteiger partial charge on any atom is 0.255 e. The molecule has 0 aliphatic heterocycles. The van der Waals surface area contributed by atoms with Gasteiger partial charge in [0.15, 0.2) is 0 Å². The fraction of sp³-hybridized carbons (Fsp3) is 0.281. The van der Waals surface area contributed by atoms with Crippen LogP contribution in [0.2, 0.25) is 0 Å². The number of H-pyrrole nitrogens is 1. The molecule has 1 aliphatic carbocycles. The van der Waals surface area contributed by atoms with Crippen LogP contribution in [0.3, 0.4) is 0 Å². The Morgan fingerprint density at radius 3 is 2.76 bits per heavy atom. The highest BCUT2D eigenvalue weighted by atomic mass is 16.5. The van der Waals surface area contributed by atoms with Crippen LogP contribution in [-0.2, 0) is 12.8 Å². The van der Waals surface area contributed by atoms with E-state index in [1.807, 2.05) is 62.4 Å². The SMILES string of the molecule is Cc1ccc2[nH]c3c(c2c1)CC(CO)(NC(=O)c1cc(-c2cc4ccccc4o2)ccc1OC(C)C)CC3. The number of rotatable bonds is 6. The Bertz CT molecular complexity index is 1630. The summed E-state index contributed by atoms with van der Waals surface area (Å²) < 4.78 is 12.1. The Hall–Kier alpha value is -4.03. The summed E-state index contributed by atoms with van der Waals surface area (Å²) in [5.41, 5.74) is 5.85. The second-order valence-corrected chi connectivity index (χ2v) is 10.7. The first-order valence-electron chi connectivity index (χ1n) is 13.2. The monoisotopic (exact) mass is 508 g/mol. The third-order valence-corrected chi connectivity index (χ3v) is 7.50. The molecule has 3 aromatic carbocycles. The Balaban J connectivity index is 1.35. The van der Waals surface area contributed by atoms with E-state index < -0.39 is 5.54 Å². The molecule has 0 fully saturated rings. The fourth-order valence-electron chi connectivity index (χ4n) is 5.55. The summed E-state index contributed by atoms with van der Waals surface area (Å²) in [6.45, 7) is 5.80. The van der Waals surface area contributed by atoms with Gasteiger partial charge >= 0.3 is 0 Å². The molecular weight excluding hydrogens is 476 g/mol. The molecule has 1 aliphatic rings. The molecular formula is C32H32N2O4. The first-order valence-corrected chi connectivity index (χ1v) is 13.2. The number of aliphatic hydroxyl groups is 1. The molecule has 1 atom stereocenters. The molecule has 6 nitrogen and oxygen atoms in total. The quantitative estimate of drug-likeness (QED) is 0.250. The molecule has 6 rings (SSSR count). The number of amides is 1. The first-order chi connectivity index (χ1) is 18.3. The van der Waals surface area contributed by atoms with Gasteiger partial charge in [-0.2, -0.15) is 0 Å². The summed E-state index contributed by atoms with van der Waals surface area (Å²) in [4.78, 5) is 17.4. The lowest BCUT2D eigenvalue weighted by Crippen LogP contribution is -2.54. The molecule has 0 saturated heterocycles. The smallest absolute Gasteiger partial charge is 0.255 e. The Labute approximate surface area is 221 Å². The van der Waals surface area contributed by atoms with E-state index in [0.717, 1.165) is 33.9 Å². The van der Waals surface area contributed by atoms with Gasteiger partial charge in [-0.3, -0.25) is 4.79 Å². The van der Waals surface area contributed by atoms with Crippen molar-refractivity contribution in [2.45, 2.75) is 51.7 Å². The molecule has 2 aromatic heterocycles. The summed E-state index contributed by atoms with van der Waals surface area (Å²) in [6.07, 6.45) is 1.84. The maximum atomic E-state index is 13.9. The molecule has 2 heterocycles. The number of hydrogen-bond donors (Lipinski definition) is 3. The zero-order valence-electron chi connectivity index (χ0n) is 21.9. The third-order valence-electron chi connectivity index (χ3n) is 7.50. The van der Waals surface area contributed by atoms with Gasteiger partial charge in [-0.1, -0.05) is 29.8 Å². The molecule has 38 heavy (non-hydrogen) atoms. The molecule has 0 spiro atoms. The summed E-state index contributed by atoms with van der Waals surface area (Å²) >= 11 is 0. The van der Waals surface area contributed by atoms with Gasteiger partial charge in [0.1, 0.15) is 17.1 Å². The minimum atomic E-state index is -0.770. The van der Waals surface area contributed by atoms with Gasteiger partial charge in [0, 0.05) is 34.0 Å². The van der Waals surface area contributed by atoms with Gasteiger partial charge in [0.25, 0.3) is 5.91 Å². The number of fused-ring (bicyclic) bond motifs is 4. The zero-order valence-corrected chi connectivity index (χ0v) is 21.9. The Kier molecular flexibility index (Phi) is 6.00. The minimum absolute atomic E-state index is 0.0999. The number of furan rings is 1. The summed E-state index contributed by atoms with van der Waals surface area (Å²) in [7, 11) is 0. The van der Waals surface area contributed by atoms with Gasteiger partial charge in [-0.25, -0.2) is 0 Å². The molecule has 1 unspecified atom stereocenters. The van der Waals surface area contributed by atoms with Crippen LogP contribution in [0.5, 0.6) is 5.75 Å². The molecule has 0 radical (unpaired) electrons. The summed E-state index contributed by atoms with van der Waals surface area (Å²) in [6, 6.07) is 21.7. The highest BCUT2D eigenvalue weighted by Gasteiger charge is 2.38. The van der Waals surface area contributed by atoms with Crippen LogP contribution in [-0.4, -0.2) is 34.2 Å². The average Bonchev–Trinajstić information content (AvgIpc) is 3.49. The molecule has 3 N–H and O–H groups in total. The van der Waals surface area contributed by atoms with Crippen molar-refractivity contribution >= 4 is 27.8 Å². The van der Waals surface area contributed by atoms with Crippen LogP contribution in [0, 0.1) is 6.92 Å². The number of hydrogen-bond acceptors (Lipinski definition) is 4. The summed E-state index contributed by atoms with van der Waals surface area (Å²) in [5.74, 6) is 0.918. The van der Waals surface area contributed by atoms with E-state index in [0.29, 0.717) is 29.9 Å². The van der Waals surface area contributed by atoms with Gasteiger partial charge in [0.2, 0.25) is 0 Å². The number of aromatic amines is 1. The van der Waals surface area contributed by atoms with Gasteiger partial charge in [-0.15, -0.1) is 0 Å². The highest BCUT2D eigenvalue weighted by molar-refractivity contribution is 5.99. The second kappa shape index (κ2) is 9.37. The van der Waals surface area contributed by atoms with E-state index in [2.05, 4.69) is 35.4 Å². The predicted octanol–water partition coefficient (Wildman–Crippen LogP) is 6.33. The van der Waals surface area contributed by atoms with E-state index in [9.17, 15) is 9.90 Å². The lowest BCUT2D eigenvalue weighted by atomic mass is 9.80. The van der Waals surface area contributed by atoms with E-state index in [1.165, 1.54) is 16.8 Å². The topological polar surface area (TPSA) is 87.5 Å². The van der Waals surface area contributed by atoms with Crippen LogP contribution in [0.15, 0.2) is 71.1 Å². The minimum Gasteiger partial charge on any atom is -0.490 e. The average molecular weight is 509 g/mol. The van der Waals surface area contributed by atoms with Crippen molar-refractivity contribution in [2.75, 3.05) is 6.61 Å². The molecule has 0 bridgehead atoms. The van der Waals surface area contributed by atoms with Crippen molar-refractivity contribution in [3.8, 4) is 17.1 Å². The number of aliphatic hydroxyl groups excluding tert-OH is 1. The Morgan fingerprint density at radius 2 is 1.97 bits per heavy atom. The molecule has 0 saturated carbocycles.